The summed E-state index contributed by atoms with van der Waals surface area (Å²) in [5, 5.41) is 8.82. The minimum Gasteiger partial charge on any atom is -0.356 e. The molecule has 132 valence electrons. The number of halogens is 1. The number of hydrogen-bond donors (Lipinski definition) is 3. The molecule has 1 heterocycles. The molecule has 7 nitrogen and oxygen atoms in total. The van der Waals surface area contributed by atoms with Crippen molar-refractivity contribution < 1.29 is 9.59 Å². The number of amides is 3. The van der Waals surface area contributed by atoms with Crippen LogP contribution >= 0.6 is 24.0 Å². The molecule has 0 unspecified atom stereocenters. The minimum absolute atomic E-state index is 0. The summed E-state index contributed by atoms with van der Waals surface area (Å²) in [7, 11) is 1.69. The van der Waals surface area contributed by atoms with Crippen LogP contribution in [0.3, 0.4) is 0 Å². The van der Waals surface area contributed by atoms with Gasteiger partial charge in [-0.05, 0) is 18.4 Å². The van der Waals surface area contributed by atoms with E-state index in [0.717, 1.165) is 19.4 Å². The number of guanidine groups is 1. The van der Waals surface area contributed by atoms with Crippen molar-refractivity contribution in [2.45, 2.75) is 12.8 Å². The lowest BCUT2D eigenvalue weighted by atomic mass is 10.1. The number of carbonyl (C=O) groups is 2. The van der Waals surface area contributed by atoms with Gasteiger partial charge in [0.1, 0.15) is 0 Å². The van der Waals surface area contributed by atoms with Crippen molar-refractivity contribution in [1.82, 2.24) is 20.9 Å². The average molecular weight is 445 g/mol. The Bertz CT molecular complexity index is 549. The van der Waals surface area contributed by atoms with Crippen LogP contribution in [0.25, 0.3) is 0 Å². The first-order chi connectivity index (χ1) is 11.2. The molecule has 24 heavy (non-hydrogen) atoms. The average Bonchev–Trinajstić information content (AvgIpc) is 2.89. The molecule has 3 N–H and O–H groups in total. The third-order valence-corrected chi connectivity index (χ3v) is 3.57. The fraction of sp³-hybridized carbons (Fsp3) is 0.438. The Balaban J connectivity index is 0.00000288. The Morgan fingerprint density at radius 3 is 2.54 bits per heavy atom. The minimum atomic E-state index is -0.331. The van der Waals surface area contributed by atoms with Gasteiger partial charge in [0.2, 0.25) is 5.91 Å². The molecule has 0 spiro atoms. The highest BCUT2D eigenvalue weighted by atomic mass is 127. The lowest BCUT2D eigenvalue weighted by molar-refractivity contribution is -0.124. The SMILES string of the molecule is CN=C(NCCCc1ccccc1)NCCN1C(=O)CNC1=O.I. The van der Waals surface area contributed by atoms with Crippen molar-refractivity contribution in [2.75, 3.05) is 33.2 Å². The Morgan fingerprint density at radius 2 is 1.92 bits per heavy atom. The highest BCUT2D eigenvalue weighted by Crippen LogP contribution is 2.01. The summed E-state index contributed by atoms with van der Waals surface area (Å²) in [6.07, 6.45) is 2.00. The predicted octanol–water partition coefficient (Wildman–Crippen LogP) is 0.954. The summed E-state index contributed by atoms with van der Waals surface area (Å²) >= 11 is 0. The van der Waals surface area contributed by atoms with Crippen molar-refractivity contribution in [3.63, 3.8) is 0 Å². The van der Waals surface area contributed by atoms with Gasteiger partial charge in [-0.2, -0.15) is 0 Å². The number of nitrogens with one attached hydrogen (secondary N) is 3. The van der Waals surface area contributed by atoms with Crippen molar-refractivity contribution in [3.05, 3.63) is 35.9 Å². The van der Waals surface area contributed by atoms with Crippen molar-refractivity contribution in [3.8, 4) is 0 Å². The normalized spacial score (nSPS) is 14.2. The number of rotatable bonds is 7. The van der Waals surface area contributed by atoms with Crippen LogP contribution in [0, 0.1) is 0 Å². The second-order valence-electron chi connectivity index (χ2n) is 5.22. The maximum absolute atomic E-state index is 11.4. The number of aryl methyl sites for hydroxylation is 1. The number of hydrogen-bond acceptors (Lipinski definition) is 3. The highest BCUT2D eigenvalue weighted by Gasteiger charge is 2.27. The quantitative estimate of drug-likeness (QED) is 0.192. The van der Waals surface area contributed by atoms with E-state index in [1.54, 1.807) is 7.05 Å². The predicted molar refractivity (Wildman–Crippen MR) is 105 cm³/mol. The largest absolute Gasteiger partial charge is 0.356 e. The van der Waals surface area contributed by atoms with Crippen molar-refractivity contribution in [2.24, 2.45) is 4.99 Å². The molecule has 0 radical (unpaired) electrons. The fourth-order valence-corrected chi connectivity index (χ4v) is 2.33. The van der Waals surface area contributed by atoms with Crippen LogP contribution in [0.1, 0.15) is 12.0 Å². The van der Waals surface area contributed by atoms with Gasteiger partial charge in [-0.1, -0.05) is 30.3 Å². The maximum Gasteiger partial charge on any atom is 0.324 e. The molecular formula is C16H24IN5O2. The first-order valence-corrected chi connectivity index (χ1v) is 7.77. The van der Waals surface area contributed by atoms with E-state index in [1.165, 1.54) is 10.5 Å². The third-order valence-electron chi connectivity index (χ3n) is 3.57. The molecule has 0 bridgehead atoms. The summed E-state index contributed by atoms with van der Waals surface area (Å²) in [6, 6.07) is 10.00. The molecule has 1 aliphatic rings. The first kappa shape index (κ1) is 20.2. The van der Waals surface area contributed by atoms with Crippen LogP contribution in [0.5, 0.6) is 0 Å². The lowest BCUT2D eigenvalue weighted by Crippen LogP contribution is -2.43. The molecule has 1 saturated heterocycles. The van der Waals surface area contributed by atoms with Gasteiger partial charge < -0.3 is 16.0 Å². The van der Waals surface area contributed by atoms with Crippen LogP contribution in [-0.4, -0.2) is 56.0 Å². The van der Waals surface area contributed by atoms with E-state index in [4.69, 9.17) is 0 Å². The molecule has 0 aliphatic carbocycles. The molecule has 1 fully saturated rings. The van der Waals surface area contributed by atoms with Crippen LogP contribution in [0.4, 0.5) is 4.79 Å². The van der Waals surface area contributed by atoms with E-state index in [9.17, 15) is 9.59 Å². The van der Waals surface area contributed by atoms with E-state index >= 15 is 0 Å². The van der Waals surface area contributed by atoms with Gasteiger partial charge in [0.15, 0.2) is 5.96 Å². The zero-order valence-corrected chi connectivity index (χ0v) is 16.1. The third kappa shape index (κ3) is 6.34. The Kier molecular flexibility index (Phi) is 9.13. The Hall–Kier alpha value is -1.84. The van der Waals surface area contributed by atoms with Gasteiger partial charge in [0, 0.05) is 26.7 Å². The molecule has 0 atom stereocenters. The number of urea groups is 1. The summed E-state index contributed by atoms with van der Waals surface area (Å²) < 4.78 is 0. The topological polar surface area (TPSA) is 85.8 Å². The summed E-state index contributed by atoms with van der Waals surface area (Å²) in [4.78, 5) is 28.2. The first-order valence-electron chi connectivity index (χ1n) is 7.77. The highest BCUT2D eigenvalue weighted by molar-refractivity contribution is 14.0. The van der Waals surface area contributed by atoms with E-state index in [1.807, 2.05) is 18.2 Å². The number of nitrogens with zero attached hydrogens (tertiary/aromatic N) is 2. The summed E-state index contributed by atoms with van der Waals surface area (Å²) in [6.45, 7) is 1.69. The maximum atomic E-state index is 11.4. The second-order valence-corrected chi connectivity index (χ2v) is 5.22. The zero-order valence-electron chi connectivity index (χ0n) is 13.7. The lowest BCUT2D eigenvalue weighted by Gasteiger charge is -2.15. The van der Waals surface area contributed by atoms with E-state index in [-0.39, 0.29) is 42.5 Å². The molecule has 1 aliphatic heterocycles. The van der Waals surface area contributed by atoms with Crippen LogP contribution in [-0.2, 0) is 11.2 Å². The second kappa shape index (κ2) is 10.8. The number of benzene rings is 1. The molecule has 8 heteroatoms. The van der Waals surface area contributed by atoms with Gasteiger partial charge in [0.05, 0.1) is 6.54 Å². The van der Waals surface area contributed by atoms with Crippen LogP contribution < -0.4 is 16.0 Å². The Morgan fingerprint density at radius 1 is 1.21 bits per heavy atom. The molecule has 0 saturated carbocycles. The molecule has 1 aromatic carbocycles. The summed E-state index contributed by atoms with van der Waals surface area (Å²) in [5.41, 5.74) is 1.32. The number of carbonyl (C=O) groups excluding carboxylic acids is 2. The van der Waals surface area contributed by atoms with Crippen LogP contribution in [0.15, 0.2) is 35.3 Å². The van der Waals surface area contributed by atoms with Gasteiger partial charge in [-0.3, -0.25) is 14.7 Å². The zero-order chi connectivity index (χ0) is 16.5. The van der Waals surface area contributed by atoms with Gasteiger partial charge in [-0.15, -0.1) is 24.0 Å². The molecule has 2 rings (SSSR count). The molecular weight excluding hydrogens is 421 g/mol. The Labute approximate surface area is 159 Å². The van der Waals surface area contributed by atoms with Gasteiger partial charge in [0.25, 0.3) is 0 Å². The van der Waals surface area contributed by atoms with Crippen LogP contribution in [0.2, 0.25) is 0 Å². The van der Waals surface area contributed by atoms with Gasteiger partial charge in [-0.25, -0.2) is 4.79 Å². The van der Waals surface area contributed by atoms with Crippen molar-refractivity contribution in [1.29, 1.82) is 0 Å². The van der Waals surface area contributed by atoms with Crippen molar-refractivity contribution >= 4 is 41.9 Å². The van der Waals surface area contributed by atoms with E-state index < -0.39 is 0 Å². The molecule has 1 aromatic rings. The monoisotopic (exact) mass is 445 g/mol. The number of aliphatic imine (C=N–C) groups is 1. The fourth-order valence-electron chi connectivity index (χ4n) is 2.33. The molecule has 0 aromatic heterocycles. The van der Waals surface area contributed by atoms with E-state index in [2.05, 4.69) is 33.1 Å². The van der Waals surface area contributed by atoms with Gasteiger partial charge >= 0.3 is 6.03 Å². The van der Waals surface area contributed by atoms with E-state index in [0.29, 0.717) is 19.0 Å². The number of imide groups is 1. The standard InChI is InChI=1S/C16H23N5O2.HI/c1-17-15(18-9-5-8-13-6-3-2-4-7-13)19-10-11-21-14(22)12-20-16(21)23;/h2-4,6-7H,5,8-12H2,1H3,(H,20,23)(H2,17,18,19);1H. The molecule has 3 amide bonds. The summed E-state index contributed by atoms with van der Waals surface area (Å²) in [5.74, 6) is 0.479. The smallest absolute Gasteiger partial charge is 0.324 e.